The molecule has 2 heterocycles. The zero-order chi connectivity index (χ0) is 22.7. The Labute approximate surface area is 184 Å². The molecule has 3 rings (SSSR count). The number of rotatable bonds is 8. The molecule has 0 radical (unpaired) electrons. The van der Waals surface area contributed by atoms with Crippen LogP contribution in [0.4, 0.5) is 10.2 Å². The molecule has 0 aliphatic rings. The number of hydrogen-bond donors (Lipinski definition) is 3. The standard InChI is InChI=1S/C21H25ClFN5O3/c1-10(2)25-19-6-13(5-11(3)26-19)21-27-20(28-31-21)14-7-16(23)18(8-15(14)22)30-9-17(24)12(4)29/h5-8,10,12,17,29H,9,24H2,1-4H3,(H,25,26)/t12-,17-/m0/s1. The zero-order valence-corrected chi connectivity index (χ0v) is 18.4. The van der Waals surface area contributed by atoms with E-state index in [0.717, 1.165) is 5.69 Å². The van der Waals surface area contributed by atoms with Crippen LogP contribution in [-0.4, -0.2) is 45.0 Å². The fourth-order valence-corrected chi connectivity index (χ4v) is 2.99. The molecule has 166 valence electrons. The van der Waals surface area contributed by atoms with Crippen molar-refractivity contribution in [2.45, 2.75) is 45.9 Å². The number of hydrogen-bond acceptors (Lipinski definition) is 8. The Morgan fingerprint density at radius 3 is 2.65 bits per heavy atom. The van der Waals surface area contributed by atoms with Crippen LogP contribution in [0, 0.1) is 12.7 Å². The first-order valence-electron chi connectivity index (χ1n) is 9.79. The second-order valence-corrected chi connectivity index (χ2v) is 7.99. The summed E-state index contributed by atoms with van der Waals surface area (Å²) in [7, 11) is 0. The number of halogens is 2. The quantitative estimate of drug-likeness (QED) is 0.475. The molecule has 0 saturated heterocycles. The van der Waals surface area contributed by atoms with Crippen molar-refractivity contribution < 1.29 is 18.8 Å². The molecular weight excluding hydrogens is 425 g/mol. The highest BCUT2D eigenvalue weighted by atomic mass is 35.5. The topological polar surface area (TPSA) is 119 Å². The summed E-state index contributed by atoms with van der Waals surface area (Å²) in [4.78, 5) is 8.79. The van der Waals surface area contributed by atoms with E-state index in [1.165, 1.54) is 19.1 Å². The third-order valence-electron chi connectivity index (χ3n) is 4.38. The Hall–Kier alpha value is -2.75. The van der Waals surface area contributed by atoms with Gasteiger partial charge in [0.05, 0.1) is 17.2 Å². The van der Waals surface area contributed by atoms with Gasteiger partial charge in [-0.1, -0.05) is 16.8 Å². The van der Waals surface area contributed by atoms with E-state index >= 15 is 0 Å². The number of aromatic nitrogens is 3. The fourth-order valence-electron chi connectivity index (χ4n) is 2.75. The number of nitrogens with zero attached hydrogens (tertiary/aromatic N) is 3. The molecule has 31 heavy (non-hydrogen) atoms. The van der Waals surface area contributed by atoms with E-state index in [1.54, 1.807) is 6.07 Å². The number of aliphatic hydroxyl groups is 1. The number of ether oxygens (including phenoxy) is 1. The lowest BCUT2D eigenvalue weighted by Gasteiger charge is -2.16. The number of benzene rings is 1. The lowest BCUT2D eigenvalue weighted by Crippen LogP contribution is -2.38. The molecule has 4 N–H and O–H groups in total. The van der Waals surface area contributed by atoms with Crippen LogP contribution >= 0.6 is 11.6 Å². The first kappa shape index (κ1) is 22.9. The van der Waals surface area contributed by atoms with Crippen molar-refractivity contribution in [3.8, 4) is 28.6 Å². The molecule has 0 amide bonds. The zero-order valence-electron chi connectivity index (χ0n) is 17.7. The van der Waals surface area contributed by atoms with E-state index in [-0.39, 0.29) is 40.7 Å². The SMILES string of the molecule is Cc1cc(-c2nc(-c3cc(F)c(OC[C@H](N)[C@H](C)O)cc3Cl)no2)cc(NC(C)C)n1. The second kappa shape index (κ2) is 9.59. The van der Waals surface area contributed by atoms with Crippen LogP contribution in [-0.2, 0) is 0 Å². The molecule has 0 unspecified atom stereocenters. The van der Waals surface area contributed by atoms with Crippen molar-refractivity contribution in [3.05, 3.63) is 40.8 Å². The van der Waals surface area contributed by atoms with E-state index in [0.29, 0.717) is 11.4 Å². The van der Waals surface area contributed by atoms with Gasteiger partial charge >= 0.3 is 0 Å². The molecule has 0 aliphatic carbocycles. The number of nitrogens with one attached hydrogen (secondary N) is 1. The average molecular weight is 450 g/mol. The van der Waals surface area contributed by atoms with E-state index in [4.69, 9.17) is 26.6 Å². The minimum Gasteiger partial charge on any atom is -0.489 e. The summed E-state index contributed by atoms with van der Waals surface area (Å²) in [6, 6.07) is 5.65. The van der Waals surface area contributed by atoms with Gasteiger partial charge in [-0.05, 0) is 45.9 Å². The lowest BCUT2D eigenvalue weighted by molar-refractivity contribution is 0.129. The van der Waals surface area contributed by atoms with Gasteiger partial charge in [0.1, 0.15) is 12.4 Å². The van der Waals surface area contributed by atoms with Crippen LogP contribution in [0.3, 0.4) is 0 Å². The van der Waals surface area contributed by atoms with Crippen molar-refractivity contribution in [2.75, 3.05) is 11.9 Å². The largest absolute Gasteiger partial charge is 0.489 e. The predicted octanol–water partition coefficient (Wildman–Crippen LogP) is 3.81. The Balaban J connectivity index is 1.86. The monoisotopic (exact) mass is 449 g/mol. The minimum atomic E-state index is -0.788. The van der Waals surface area contributed by atoms with Crippen molar-refractivity contribution in [1.29, 1.82) is 0 Å². The molecule has 10 heteroatoms. The maximum atomic E-state index is 14.5. The molecule has 1 aromatic carbocycles. The number of nitrogens with two attached hydrogens (primary N) is 1. The third-order valence-corrected chi connectivity index (χ3v) is 4.69. The number of anilines is 1. The summed E-state index contributed by atoms with van der Waals surface area (Å²) in [5, 5.41) is 16.8. The molecule has 0 bridgehead atoms. The van der Waals surface area contributed by atoms with Gasteiger partial charge < -0.3 is 25.4 Å². The molecule has 2 atom stereocenters. The van der Waals surface area contributed by atoms with E-state index < -0.39 is 18.0 Å². The van der Waals surface area contributed by atoms with Crippen LogP contribution in [0.25, 0.3) is 22.8 Å². The van der Waals surface area contributed by atoms with Gasteiger partial charge in [-0.15, -0.1) is 0 Å². The normalized spacial score (nSPS) is 13.3. The Kier molecular flexibility index (Phi) is 7.09. The summed E-state index contributed by atoms with van der Waals surface area (Å²) in [6.07, 6.45) is -0.788. The van der Waals surface area contributed by atoms with Crippen molar-refractivity contribution in [1.82, 2.24) is 15.1 Å². The first-order valence-corrected chi connectivity index (χ1v) is 10.2. The molecule has 2 aromatic heterocycles. The lowest BCUT2D eigenvalue weighted by atomic mass is 10.2. The smallest absolute Gasteiger partial charge is 0.258 e. The van der Waals surface area contributed by atoms with Gasteiger partial charge in [0.2, 0.25) is 5.82 Å². The van der Waals surface area contributed by atoms with Crippen molar-refractivity contribution >= 4 is 17.4 Å². The molecule has 0 spiro atoms. The average Bonchev–Trinajstić information content (AvgIpc) is 3.17. The van der Waals surface area contributed by atoms with Gasteiger partial charge in [-0.3, -0.25) is 0 Å². The van der Waals surface area contributed by atoms with Gasteiger partial charge in [-0.2, -0.15) is 4.98 Å². The van der Waals surface area contributed by atoms with E-state index in [2.05, 4.69) is 20.4 Å². The highest BCUT2D eigenvalue weighted by molar-refractivity contribution is 6.33. The highest BCUT2D eigenvalue weighted by Crippen LogP contribution is 2.33. The summed E-state index contributed by atoms with van der Waals surface area (Å²) in [5.74, 6) is 0.339. The van der Waals surface area contributed by atoms with Gasteiger partial charge in [0, 0.05) is 28.9 Å². The Bertz CT molecular complexity index is 1060. The van der Waals surface area contributed by atoms with E-state index in [9.17, 15) is 9.50 Å². The number of aryl methyl sites for hydroxylation is 1. The maximum absolute atomic E-state index is 14.5. The van der Waals surface area contributed by atoms with Gasteiger partial charge in [-0.25, -0.2) is 9.37 Å². The highest BCUT2D eigenvalue weighted by Gasteiger charge is 2.19. The van der Waals surface area contributed by atoms with Crippen LogP contribution in [0.5, 0.6) is 5.75 Å². The van der Waals surface area contributed by atoms with Crippen LogP contribution in [0.15, 0.2) is 28.8 Å². The first-order chi connectivity index (χ1) is 14.6. The Morgan fingerprint density at radius 2 is 1.97 bits per heavy atom. The van der Waals surface area contributed by atoms with Crippen LogP contribution in [0.2, 0.25) is 5.02 Å². The predicted molar refractivity (Wildman–Crippen MR) is 117 cm³/mol. The van der Waals surface area contributed by atoms with Gasteiger partial charge in [0.15, 0.2) is 11.6 Å². The summed E-state index contributed by atoms with van der Waals surface area (Å²) in [5.41, 5.74) is 7.42. The maximum Gasteiger partial charge on any atom is 0.258 e. The second-order valence-electron chi connectivity index (χ2n) is 7.58. The number of aliphatic hydroxyl groups excluding tert-OH is 1. The van der Waals surface area contributed by atoms with Crippen molar-refractivity contribution in [2.24, 2.45) is 5.73 Å². The number of pyridine rings is 1. The summed E-state index contributed by atoms with van der Waals surface area (Å²) >= 11 is 6.31. The fraction of sp³-hybridized carbons (Fsp3) is 0.381. The Morgan fingerprint density at radius 1 is 1.23 bits per heavy atom. The van der Waals surface area contributed by atoms with Crippen LogP contribution in [0.1, 0.15) is 26.5 Å². The molecule has 8 nitrogen and oxygen atoms in total. The summed E-state index contributed by atoms with van der Waals surface area (Å²) < 4.78 is 25.3. The van der Waals surface area contributed by atoms with Crippen molar-refractivity contribution in [3.63, 3.8) is 0 Å². The van der Waals surface area contributed by atoms with E-state index in [1.807, 2.05) is 26.8 Å². The molecule has 3 aromatic rings. The van der Waals surface area contributed by atoms with Crippen LogP contribution < -0.4 is 15.8 Å². The van der Waals surface area contributed by atoms with Gasteiger partial charge in [0.25, 0.3) is 5.89 Å². The third kappa shape index (κ3) is 5.69. The molecule has 0 fully saturated rings. The molecular formula is C21H25ClFN5O3. The molecule has 0 aliphatic heterocycles. The minimum absolute atomic E-state index is 0.0647. The molecule has 0 saturated carbocycles. The summed E-state index contributed by atoms with van der Waals surface area (Å²) in [6.45, 7) is 7.35.